The summed E-state index contributed by atoms with van der Waals surface area (Å²) < 4.78 is 5.85. The van der Waals surface area contributed by atoms with Gasteiger partial charge in [0.2, 0.25) is 0 Å². The van der Waals surface area contributed by atoms with Crippen LogP contribution in [0.5, 0.6) is 0 Å². The van der Waals surface area contributed by atoms with E-state index >= 15 is 0 Å². The van der Waals surface area contributed by atoms with Crippen LogP contribution >= 0.6 is 0 Å². The maximum absolute atomic E-state index is 5.85. The largest absolute Gasteiger partial charge is 0.430 e. The molecule has 0 aromatic heterocycles. The molecular formula is C12H25BO. The second-order valence-electron chi connectivity index (χ2n) is 5.33. The van der Waals surface area contributed by atoms with Gasteiger partial charge in [0, 0.05) is 0 Å². The highest BCUT2D eigenvalue weighted by molar-refractivity contribution is 6.34. The molecule has 1 nitrogen and oxygen atoms in total. The van der Waals surface area contributed by atoms with Crippen molar-refractivity contribution in [3.8, 4) is 0 Å². The van der Waals surface area contributed by atoms with E-state index in [1.807, 2.05) is 0 Å². The molecule has 0 unspecified atom stereocenters. The molecule has 0 bridgehead atoms. The van der Waals surface area contributed by atoms with Gasteiger partial charge in [-0.15, -0.1) is 0 Å². The third kappa shape index (κ3) is 4.85. The lowest BCUT2D eigenvalue weighted by atomic mass is 9.77. The minimum atomic E-state index is -0.0659. The van der Waals surface area contributed by atoms with Crippen LogP contribution in [0.25, 0.3) is 0 Å². The van der Waals surface area contributed by atoms with Crippen molar-refractivity contribution in [3.63, 3.8) is 0 Å². The van der Waals surface area contributed by atoms with Gasteiger partial charge in [-0.3, -0.25) is 0 Å². The Hall–Kier alpha value is -0.235. The summed E-state index contributed by atoms with van der Waals surface area (Å²) in [6.45, 7) is 13.1. The maximum Gasteiger partial charge on any atom is 0.301 e. The van der Waals surface area contributed by atoms with E-state index in [0.29, 0.717) is 0 Å². The zero-order valence-electron chi connectivity index (χ0n) is 10.7. The second kappa shape index (κ2) is 5.60. The van der Waals surface area contributed by atoms with E-state index in [-0.39, 0.29) is 11.0 Å². The summed E-state index contributed by atoms with van der Waals surface area (Å²) in [4.78, 5) is 0. The molecule has 0 saturated heterocycles. The summed E-state index contributed by atoms with van der Waals surface area (Å²) in [5.41, 5.74) is 0.120. The lowest BCUT2D eigenvalue weighted by Gasteiger charge is -2.39. The third-order valence-electron chi connectivity index (χ3n) is 2.97. The van der Waals surface area contributed by atoms with E-state index in [1.165, 1.54) is 6.42 Å². The van der Waals surface area contributed by atoms with Gasteiger partial charge in [0.1, 0.15) is 0 Å². The molecule has 0 aromatic rings. The molecule has 2 heteroatoms. The predicted octanol–water partition coefficient (Wildman–Crippen LogP) is 3.49. The van der Waals surface area contributed by atoms with Crippen LogP contribution in [0.4, 0.5) is 0 Å². The van der Waals surface area contributed by atoms with E-state index in [1.54, 1.807) is 0 Å². The van der Waals surface area contributed by atoms with Gasteiger partial charge in [-0.05, 0) is 25.7 Å². The third-order valence-corrected chi connectivity index (χ3v) is 2.97. The van der Waals surface area contributed by atoms with Crippen molar-refractivity contribution >= 4 is 7.48 Å². The summed E-state index contributed by atoms with van der Waals surface area (Å²) in [5.74, 6) is 2.12. The summed E-state index contributed by atoms with van der Waals surface area (Å²) in [5, 5.41) is 0. The highest BCUT2D eigenvalue weighted by Gasteiger charge is 2.32. The van der Waals surface area contributed by atoms with Gasteiger partial charge < -0.3 is 4.65 Å². The Kier molecular flexibility index (Phi) is 5.50. The zero-order valence-corrected chi connectivity index (χ0v) is 10.7. The Labute approximate surface area is 90.2 Å². The van der Waals surface area contributed by atoms with Crippen LogP contribution in [-0.2, 0) is 4.65 Å². The Morgan fingerprint density at radius 3 is 2.14 bits per heavy atom. The summed E-state index contributed by atoms with van der Waals surface area (Å²) in [6, 6.07) is 0. The van der Waals surface area contributed by atoms with Crippen LogP contribution in [0.2, 0.25) is 0 Å². The molecule has 0 atom stereocenters. The Balaban J connectivity index is 3.89. The Morgan fingerprint density at radius 2 is 1.71 bits per heavy atom. The first kappa shape index (κ1) is 13.8. The maximum atomic E-state index is 5.85. The van der Waals surface area contributed by atoms with Crippen LogP contribution in [0.15, 0.2) is 12.1 Å². The summed E-state index contributed by atoms with van der Waals surface area (Å²) in [6.07, 6.45) is 4.55. The quantitative estimate of drug-likeness (QED) is 0.611. The molecular weight excluding hydrogens is 171 g/mol. The molecule has 0 spiro atoms. The van der Waals surface area contributed by atoms with Gasteiger partial charge in [-0.2, -0.15) is 0 Å². The van der Waals surface area contributed by atoms with Crippen LogP contribution in [0, 0.1) is 5.41 Å². The molecule has 0 aliphatic carbocycles. The Bertz CT molecular complexity index is 177. The SMILES string of the molecule is CCC/C=C/BOC(C)(C)C(C)(C)C. The first-order valence-electron chi connectivity index (χ1n) is 5.60. The number of unbranched alkanes of at least 4 members (excludes halogenated alkanes) is 1. The van der Waals surface area contributed by atoms with Crippen molar-refractivity contribution < 1.29 is 4.65 Å². The van der Waals surface area contributed by atoms with Crippen LogP contribution in [0.3, 0.4) is 0 Å². The first-order valence-corrected chi connectivity index (χ1v) is 5.60. The van der Waals surface area contributed by atoms with Crippen LogP contribution in [-0.4, -0.2) is 13.1 Å². The molecule has 0 rings (SSSR count). The zero-order chi connectivity index (χ0) is 11.2. The molecule has 0 N–H and O–H groups in total. The predicted molar refractivity (Wildman–Crippen MR) is 65.8 cm³/mol. The highest BCUT2D eigenvalue weighted by Crippen LogP contribution is 2.32. The summed E-state index contributed by atoms with van der Waals surface area (Å²) in [7, 11) is 0.726. The van der Waals surface area contributed by atoms with Crippen molar-refractivity contribution in [2.75, 3.05) is 0 Å². The normalized spacial score (nSPS) is 13.6. The minimum Gasteiger partial charge on any atom is -0.430 e. The van der Waals surface area contributed by atoms with Crippen molar-refractivity contribution in [2.24, 2.45) is 5.41 Å². The van der Waals surface area contributed by atoms with Gasteiger partial charge in [-0.25, -0.2) is 0 Å². The van der Waals surface area contributed by atoms with Crippen molar-refractivity contribution in [1.29, 1.82) is 0 Å². The average Bonchev–Trinajstić information content (AvgIpc) is 2.02. The fourth-order valence-corrected chi connectivity index (χ4v) is 0.826. The fraction of sp³-hybridized carbons (Fsp3) is 0.833. The van der Waals surface area contributed by atoms with Crippen molar-refractivity contribution in [1.82, 2.24) is 0 Å². The summed E-state index contributed by atoms with van der Waals surface area (Å²) >= 11 is 0. The van der Waals surface area contributed by atoms with Crippen LogP contribution < -0.4 is 0 Å². The lowest BCUT2D eigenvalue weighted by Crippen LogP contribution is -2.40. The van der Waals surface area contributed by atoms with Gasteiger partial charge in [0.05, 0.1) is 5.60 Å². The molecule has 14 heavy (non-hydrogen) atoms. The smallest absolute Gasteiger partial charge is 0.301 e. The van der Waals surface area contributed by atoms with E-state index < -0.39 is 0 Å². The lowest BCUT2D eigenvalue weighted by molar-refractivity contribution is 0.00479. The topological polar surface area (TPSA) is 9.23 Å². The Morgan fingerprint density at radius 1 is 1.14 bits per heavy atom. The molecule has 82 valence electrons. The van der Waals surface area contributed by atoms with E-state index in [0.717, 1.165) is 13.9 Å². The number of hydrogen-bond acceptors (Lipinski definition) is 1. The van der Waals surface area contributed by atoms with Gasteiger partial charge in [0.25, 0.3) is 0 Å². The monoisotopic (exact) mass is 196 g/mol. The van der Waals surface area contributed by atoms with Gasteiger partial charge in [-0.1, -0.05) is 46.2 Å². The number of rotatable bonds is 5. The molecule has 0 amide bonds. The number of allylic oxidation sites excluding steroid dienone is 1. The molecule has 0 radical (unpaired) electrons. The van der Waals surface area contributed by atoms with Crippen molar-refractivity contribution in [3.05, 3.63) is 12.1 Å². The average molecular weight is 196 g/mol. The molecule has 0 aromatic carbocycles. The fourth-order valence-electron chi connectivity index (χ4n) is 0.826. The standard InChI is InChI=1S/C12H25BO/c1-7-8-9-10-13-14-12(5,6)11(2,3)4/h9-10,13H,7-8H2,1-6H3/b10-9+. The highest BCUT2D eigenvalue weighted by atomic mass is 16.5. The molecule has 0 saturated carbocycles. The molecule has 0 aliphatic heterocycles. The first-order chi connectivity index (χ1) is 6.31. The minimum absolute atomic E-state index is 0.0659. The van der Waals surface area contributed by atoms with E-state index in [4.69, 9.17) is 4.65 Å². The second-order valence-corrected chi connectivity index (χ2v) is 5.33. The number of hydrogen-bond donors (Lipinski definition) is 0. The van der Waals surface area contributed by atoms with Gasteiger partial charge in [0.15, 0.2) is 0 Å². The molecule has 0 heterocycles. The van der Waals surface area contributed by atoms with Crippen molar-refractivity contribution in [2.45, 2.75) is 60.0 Å². The molecule has 0 aliphatic rings. The molecule has 0 fully saturated rings. The van der Waals surface area contributed by atoms with Gasteiger partial charge >= 0.3 is 7.48 Å². The van der Waals surface area contributed by atoms with Crippen LogP contribution in [0.1, 0.15) is 54.4 Å². The van der Waals surface area contributed by atoms with E-state index in [2.05, 4.69) is 53.6 Å². The van der Waals surface area contributed by atoms with E-state index in [9.17, 15) is 0 Å².